The lowest BCUT2D eigenvalue weighted by atomic mass is 10.1. The summed E-state index contributed by atoms with van der Waals surface area (Å²) in [4.78, 5) is 0. The van der Waals surface area contributed by atoms with E-state index in [0.29, 0.717) is 13.1 Å². The van der Waals surface area contributed by atoms with Gasteiger partial charge in [0.2, 0.25) is 0 Å². The Morgan fingerprint density at radius 2 is 2.11 bits per heavy atom. The van der Waals surface area contributed by atoms with E-state index >= 15 is 0 Å². The first-order chi connectivity index (χ1) is 4.06. The Balaban J connectivity index is 3.07. The zero-order valence-corrected chi connectivity index (χ0v) is 5.95. The van der Waals surface area contributed by atoms with Crippen LogP contribution >= 0.6 is 0 Å². The van der Waals surface area contributed by atoms with Crippen molar-refractivity contribution in [3.63, 3.8) is 0 Å². The molecule has 2 N–H and O–H groups in total. The van der Waals surface area contributed by atoms with Crippen molar-refractivity contribution in [3.8, 4) is 0 Å². The topological polar surface area (TPSA) is 32.3 Å². The van der Waals surface area contributed by atoms with Gasteiger partial charge in [-0.1, -0.05) is 0 Å². The van der Waals surface area contributed by atoms with Crippen molar-refractivity contribution in [2.75, 3.05) is 19.8 Å². The number of rotatable bonds is 4. The first kappa shape index (κ1) is 8.85. The van der Waals surface area contributed by atoms with Crippen LogP contribution in [0.1, 0.15) is 13.8 Å². The molecule has 0 amide bonds. The van der Waals surface area contributed by atoms with Gasteiger partial charge < -0.3 is 10.4 Å². The maximum Gasteiger partial charge on any atom is 0.102 e. The van der Waals surface area contributed by atoms with Gasteiger partial charge in [-0.05, 0) is 13.8 Å². The van der Waals surface area contributed by atoms with E-state index in [0.717, 1.165) is 0 Å². The number of halogens is 1. The molecule has 0 aliphatic carbocycles. The molecule has 0 aromatic heterocycles. The average Bonchev–Trinajstić information content (AvgIpc) is 1.63. The Morgan fingerprint density at radius 3 is 2.44 bits per heavy atom. The lowest BCUT2D eigenvalue weighted by Crippen LogP contribution is -2.35. The van der Waals surface area contributed by atoms with Crippen LogP contribution in [0.25, 0.3) is 0 Å². The molecule has 9 heavy (non-hydrogen) atoms. The van der Waals surface area contributed by atoms with E-state index in [1.54, 1.807) is 13.8 Å². The summed E-state index contributed by atoms with van der Waals surface area (Å²) in [6.07, 6.45) is 0. The van der Waals surface area contributed by atoms with Gasteiger partial charge in [-0.25, -0.2) is 4.39 Å². The van der Waals surface area contributed by atoms with Crippen LogP contribution in [-0.4, -0.2) is 30.5 Å². The number of aliphatic hydroxyl groups is 1. The maximum atomic E-state index is 11.4. The van der Waals surface area contributed by atoms with Crippen molar-refractivity contribution in [3.05, 3.63) is 0 Å². The van der Waals surface area contributed by atoms with Gasteiger partial charge in [-0.15, -0.1) is 0 Å². The molecule has 0 heterocycles. The number of nitrogens with one attached hydrogen (secondary N) is 1. The van der Waals surface area contributed by atoms with E-state index in [9.17, 15) is 4.39 Å². The monoisotopic (exact) mass is 135 g/mol. The third kappa shape index (κ3) is 7.85. The van der Waals surface area contributed by atoms with Crippen molar-refractivity contribution in [2.45, 2.75) is 19.4 Å². The van der Waals surface area contributed by atoms with Crippen LogP contribution in [0.15, 0.2) is 0 Å². The molecule has 56 valence electrons. The summed E-state index contributed by atoms with van der Waals surface area (Å²) in [6.45, 7) is 3.74. The predicted octanol–water partition coefficient (Wildman–Crippen LogP) is 0.316. The van der Waals surface area contributed by atoms with Crippen molar-refractivity contribution in [2.24, 2.45) is 0 Å². The highest BCUT2D eigenvalue weighted by molar-refractivity contribution is 4.67. The number of alkyl halides is 1. The van der Waals surface area contributed by atoms with Crippen LogP contribution in [0.5, 0.6) is 0 Å². The van der Waals surface area contributed by atoms with Gasteiger partial charge in [0.05, 0.1) is 5.60 Å². The molecule has 0 aromatic rings. The van der Waals surface area contributed by atoms with Gasteiger partial charge >= 0.3 is 0 Å². The Labute approximate surface area is 55.1 Å². The Kier molecular flexibility index (Phi) is 3.73. The minimum Gasteiger partial charge on any atom is -0.389 e. The van der Waals surface area contributed by atoms with E-state index in [4.69, 9.17) is 5.11 Å². The standard InChI is InChI=1S/C6H14FNO/c1-6(2,9)5-8-4-3-7/h8-9H,3-5H2,1-2H3. The van der Waals surface area contributed by atoms with Crippen LogP contribution < -0.4 is 5.32 Å². The van der Waals surface area contributed by atoms with E-state index in [2.05, 4.69) is 5.32 Å². The van der Waals surface area contributed by atoms with Gasteiger partial charge in [0.1, 0.15) is 6.67 Å². The average molecular weight is 135 g/mol. The minimum atomic E-state index is -0.727. The molecule has 0 aliphatic heterocycles. The van der Waals surface area contributed by atoms with E-state index in [1.165, 1.54) is 0 Å². The number of hydrogen-bond acceptors (Lipinski definition) is 2. The fraction of sp³-hybridized carbons (Fsp3) is 1.00. The van der Waals surface area contributed by atoms with Crippen LogP contribution in [0.4, 0.5) is 4.39 Å². The lowest BCUT2D eigenvalue weighted by molar-refractivity contribution is 0.0796. The molecule has 0 aromatic carbocycles. The minimum absolute atomic E-state index is 0.323. The first-order valence-electron chi connectivity index (χ1n) is 3.05. The highest BCUT2D eigenvalue weighted by Crippen LogP contribution is 1.96. The maximum absolute atomic E-state index is 11.4. The largest absolute Gasteiger partial charge is 0.389 e. The Morgan fingerprint density at radius 1 is 1.56 bits per heavy atom. The van der Waals surface area contributed by atoms with Crippen LogP contribution in [0, 0.1) is 0 Å². The normalized spacial score (nSPS) is 12.0. The fourth-order valence-electron chi connectivity index (χ4n) is 0.461. The smallest absolute Gasteiger partial charge is 0.102 e. The molecule has 0 rings (SSSR count). The summed E-state index contributed by atoms with van der Waals surface area (Å²) < 4.78 is 11.4. The molecule has 0 atom stereocenters. The van der Waals surface area contributed by atoms with E-state index < -0.39 is 5.60 Å². The number of hydrogen-bond donors (Lipinski definition) is 2. The second-order valence-corrected chi connectivity index (χ2v) is 2.68. The van der Waals surface area contributed by atoms with Gasteiger partial charge in [-0.2, -0.15) is 0 Å². The van der Waals surface area contributed by atoms with Gasteiger partial charge in [0, 0.05) is 13.1 Å². The summed E-state index contributed by atoms with van der Waals surface area (Å²) in [5, 5.41) is 11.8. The Bertz CT molecular complexity index is 69.9. The first-order valence-corrected chi connectivity index (χ1v) is 3.05. The van der Waals surface area contributed by atoms with E-state index in [1.807, 2.05) is 0 Å². The van der Waals surface area contributed by atoms with Crippen molar-refractivity contribution in [1.29, 1.82) is 0 Å². The molecule has 0 radical (unpaired) electrons. The summed E-state index contributed by atoms with van der Waals surface area (Å²) >= 11 is 0. The van der Waals surface area contributed by atoms with Crippen molar-refractivity contribution in [1.82, 2.24) is 5.32 Å². The molecular weight excluding hydrogens is 121 g/mol. The zero-order valence-electron chi connectivity index (χ0n) is 5.95. The lowest BCUT2D eigenvalue weighted by Gasteiger charge is -2.16. The van der Waals surface area contributed by atoms with Crippen LogP contribution in [0.3, 0.4) is 0 Å². The summed E-state index contributed by atoms with van der Waals surface area (Å²) in [6, 6.07) is 0. The molecule has 0 saturated heterocycles. The summed E-state index contributed by atoms with van der Waals surface area (Å²) in [5.74, 6) is 0. The molecular formula is C6H14FNO. The molecule has 0 spiro atoms. The molecule has 3 heteroatoms. The van der Waals surface area contributed by atoms with Gasteiger partial charge in [0.15, 0.2) is 0 Å². The van der Waals surface area contributed by atoms with E-state index in [-0.39, 0.29) is 6.67 Å². The highest BCUT2D eigenvalue weighted by atomic mass is 19.1. The van der Waals surface area contributed by atoms with Crippen LogP contribution in [0.2, 0.25) is 0 Å². The SMILES string of the molecule is CC(C)(O)CNCCF. The molecule has 0 aliphatic rings. The fourth-order valence-corrected chi connectivity index (χ4v) is 0.461. The summed E-state index contributed by atoms with van der Waals surface area (Å²) in [5.41, 5.74) is -0.727. The Hall–Kier alpha value is -0.150. The molecule has 0 saturated carbocycles. The zero-order chi connectivity index (χ0) is 7.33. The third-order valence-electron chi connectivity index (χ3n) is 0.829. The van der Waals surface area contributed by atoms with Crippen molar-refractivity contribution >= 4 is 0 Å². The second kappa shape index (κ2) is 3.80. The molecule has 0 fully saturated rings. The predicted molar refractivity (Wildman–Crippen MR) is 35.1 cm³/mol. The van der Waals surface area contributed by atoms with Crippen molar-refractivity contribution < 1.29 is 9.50 Å². The van der Waals surface area contributed by atoms with Gasteiger partial charge in [-0.3, -0.25) is 0 Å². The van der Waals surface area contributed by atoms with Gasteiger partial charge in [0.25, 0.3) is 0 Å². The summed E-state index contributed by atoms with van der Waals surface area (Å²) in [7, 11) is 0. The second-order valence-electron chi connectivity index (χ2n) is 2.68. The highest BCUT2D eigenvalue weighted by Gasteiger charge is 2.09. The molecule has 2 nitrogen and oxygen atoms in total. The molecule has 0 unspecified atom stereocenters. The molecule has 0 bridgehead atoms. The van der Waals surface area contributed by atoms with Crippen LogP contribution in [-0.2, 0) is 0 Å². The quantitative estimate of drug-likeness (QED) is 0.544. The third-order valence-corrected chi connectivity index (χ3v) is 0.829.